The Morgan fingerprint density at radius 2 is 1.55 bits per heavy atom. The predicted molar refractivity (Wildman–Crippen MR) is 92.2 cm³/mol. The summed E-state index contributed by atoms with van der Waals surface area (Å²) in [7, 11) is 0. The average Bonchev–Trinajstić information content (AvgIpc) is 3.04. The van der Waals surface area contributed by atoms with Gasteiger partial charge in [0.15, 0.2) is 0 Å². The maximum absolute atomic E-state index is 5.96. The summed E-state index contributed by atoms with van der Waals surface area (Å²) in [6, 6.07) is 21.1. The van der Waals surface area contributed by atoms with Crippen molar-refractivity contribution in [1.82, 2.24) is 0 Å². The molecule has 1 fully saturated rings. The molecule has 0 saturated heterocycles. The van der Waals surface area contributed by atoms with Crippen LogP contribution in [0.5, 0.6) is 5.75 Å². The van der Waals surface area contributed by atoms with Crippen molar-refractivity contribution in [3.05, 3.63) is 66.2 Å². The van der Waals surface area contributed by atoms with Crippen molar-refractivity contribution in [3.63, 3.8) is 0 Å². The van der Waals surface area contributed by atoms with E-state index in [-0.39, 0.29) is 5.41 Å². The maximum Gasteiger partial charge on any atom is 0.119 e. The van der Waals surface area contributed by atoms with Gasteiger partial charge in [-0.05, 0) is 54.2 Å². The van der Waals surface area contributed by atoms with Gasteiger partial charge >= 0.3 is 0 Å². The van der Waals surface area contributed by atoms with Crippen molar-refractivity contribution in [2.24, 2.45) is 11.8 Å². The van der Waals surface area contributed by atoms with Gasteiger partial charge in [-0.1, -0.05) is 62.4 Å². The standard InChI is InChI=1S/C21H26O/c1-21(2,18-9-5-3-6-10-18)19-14-13-17(15-19)16-22-20-11-7-4-8-12-20/h3-12,17,19H,13-16H2,1-2H3. The molecule has 1 nitrogen and oxygen atoms in total. The summed E-state index contributed by atoms with van der Waals surface area (Å²) >= 11 is 0. The molecule has 0 N–H and O–H groups in total. The molecule has 1 aliphatic rings. The monoisotopic (exact) mass is 294 g/mol. The molecule has 0 spiro atoms. The Morgan fingerprint density at radius 1 is 0.909 bits per heavy atom. The maximum atomic E-state index is 5.96. The highest BCUT2D eigenvalue weighted by molar-refractivity contribution is 5.25. The molecule has 0 amide bonds. The van der Waals surface area contributed by atoms with E-state index in [0.29, 0.717) is 5.92 Å². The zero-order chi connectivity index (χ0) is 15.4. The van der Waals surface area contributed by atoms with Gasteiger partial charge in [0.2, 0.25) is 0 Å². The Morgan fingerprint density at radius 3 is 2.23 bits per heavy atom. The van der Waals surface area contributed by atoms with Crippen LogP contribution >= 0.6 is 0 Å². The predicted octanol–water partition coefficient (Wildman–Crippen LogP) is 5.46. The van der Waals surface area contributed by atoms with Crippen LogP contribution in [-0.2, 0) is 5.41 Å². The zero-order valence-electron chi connectivity index (χ0n) is 13.7. The number of hydrogen-bond acceptors (Lipinski definition) is 1. The molecule has 2 aromatic carbocycles. The van der Waals surface area contributed by atoms with Crippen molar-refractivity contribution in [2.45, 2.75) is 38.5 Å². The number of rotatable bonds is 5. The van der Waals surface area contributed by atoms with Gasteiger partial charge in [0, 0.05) is 0 Å². The molecular formula is C21H26O. The summed E-state index contributed by atoms with van der Waals surface area (Å²) in [6.07, 6.45) is 3.87. The van der Waals surface area contributed by atoms with Crippen LogP contribution in [0, 0.1) is 11.8 Å². The molecule has 0 aliphatic heterocycles. The molecule has 22 heavy (non-hydrogen) atoms. The first-order valence-corrected chi connectivity index (χ1v) is 8.39. The summed E-state index contributed by atoms with van der Waals surface area (Å²) in [5.41, 5.74) is 1.72. The molecular weight excluding hydrogens is 268 g/mol. The van der Waals surface area contributed by atoms with Crippen LogP contribution in [0.15, 0.2) is 60.7 Å². The highest BCUT2D eigenvalue weighted by atomic mass is 16.5. The Bertz CT molecular complexity index is 573. The number of ether oxygens (including phenoxy) is 1. The van der Waals surface area contributed by atoms with Crippen LogP contribution in [0.25, 0.3) is 0 Å². The van der Waals surface area contributed by atoms with Crippen LogP contribution in [-0.4, -0.2) is 6.61 Å². The van der Waals surface area contributed by atoms with Gasteiger partial charge < -0.3 is 4.74 Å². The lowest BCUT2D eigenvalue weighted by Crippen LogP contribution is -2.27. The lowest BCUT2D eigenvalue weighted by atomic mass is 9.72. The van der Waals surface area contributed by atoms with E-state index >= 15 is 0 Å². The van der Waals surface area contributed by atoms with Crippen molar-refractivity contribution in [2.75, 3.05) is 6.61 Å². The zero-order valence-corrected chi connectivity index (χ0v) is 13.7. The van der Waals surface area contributed by atoms with Crippen LogP contribution < -0.4 is 4.74 Å². The Balaban J connectivity index is 1.58. The summed E-state index contributed by atoms with van der Waals surface area (Å²) < 4.78 is 5.96. The third kappa shape index (κ3) is 3.35. The van der Waals surface area contributed by atoms with E-state index in [4.69, 9.17) is 4.74 Å². The first-order valence-electron chi connectivity index (χ1n) is 8.39. The molecule has 1 saturated carbocycles. The minimum Gasteiger partial charge on any atom is -0.493 e. The normalized spacial score (nSPS) is 21.7. The van der Waals surface area contributed by atoms with E-state index in [9.17, 15) is 0 Å². The quantitative estimate of drug-likeness (QED) is 0.711. The lowest BCUT2D eigenvalue weighted by Gasteiger charge is -2.32. The molecule has 3 rings (SSSR count). The Hall–Kier alpha value is -1.76. The number of para-hydroxylation sites is 1. The van der Waals surface area contributed by atoms with Gasteiger partial charge in [0.1, 0.15) is 5.75 Å². The van der Waals surface area contributed by atoms with E-state index in [1.54, 1.807) is 0 Å². The average molecular weight is 294 g/mol. The number of hydrogen-bond donors (Lipinski definition) is 0. The fourth-order valence-corrected chi connectivity index (χ4v) is 3.72. The third-order valence-electron chi connectivity index (χ3n) is 5.31. The van der Waals surface area contributed by atoms with Crippen molar-refractivity contribution >= 4 is 0 Å². The van der Waals surface area contributed by atoms with E-state index in [0.717, 1.165) is 18.3 Å². The fourth-order valence-electron chi connectivity index (χ4n) is 3.72. The summed E-state index contributed by atoms with van der Waals surface area (Å²) in [6.45, 7) is 5.65. The minimum absolute atomic E-state index is 0.253. The van der Waals surface area contributed by atoms with Crippen LogP contribution in [0.1, 0.15) is 38.7 Å². The molecule has 0 bridgehead atoms. The van der Waals surface area contributed by atoms with E-state index in [1.165, 1.54) is 24.8 Å². The second kappa shape index (κ2) is 6.56. The summed E-state index contributed by atoms with van der Waals surface area (Å²) in [4.78, 5) is 0. The Labute approximate surface area is 134 Å². The molecule has 116 valence electrons. The summed E-state index contributed by atoms with van der Waals surface area (Å²) in [5.74, 6) is 2.43. The SMILES string of the molecule is CC(C)(c1ccccc1)C1CCC(COc2ccccc2)C1. The molecule has 1 heteroatoms. The van der Waals surface area contributed by atoms with E-state index in [2.05, 4.69) is 44.2 Å². The lowest BCUT2D eigenvalue weighted by molar-refractivity contribution is 0.236. The molecule has 0 aromatic heterocycles. The van der Waals surface area contributed by atoms with Gasteiger partial charge in [-0.2, -0.15) is 0 Å². The second-order valence-electron chi connectivity index (χ2n) is 7.09. The Kier molecular flexibility index (Phi) is 4.52. The highest BCUT2D eigenvalue weighted by Gasteiger charge is 2.37. The second-order valence-corrected chi connectivity index (χ2v) is 7.09. The smallest absolute Gasteiger partial charge is 0.119 e. The van der Waals surface area contributed by atoms with Crippen molar-refractivity contribution in [3.8, 4) is 5.75 Å². The number of benzene rings is 2. The first-order chi connectivity index (χ1) is 10.7. The third-order valence-corrected chi connectivity index (χ3v) is 5.31. The van der Waals surface area contributed by atoms with Crippen LogP contribution in [0.3, 0.4) is 0 Å². The van der Waals surface area contributed by atoms with Gasteiger partial charge in [0.05, 0.1) is 6.61 Å². The van der Waals surface area contributed by atoms with Gasteiger partial charge in [-0.15, -0.1) is 0 Å². The molecule has 0 heterocycles. The van der Waals surface area contributed by atoms with Crippen molar-refractivity contribution < 1.29 is 4.74 Å². The highest BCUT2D eigenvalue weighted by Crippen LogP contribution is 2.44. The van der Waals surface area contributed by atoms with Gasteiger partial charge in [-0.25, -0.2) is 0 Å². The van der Waals surface area contributed by atoms with Crippen LogP contribution in [0.2, 0.25) is 0 Å². The molecule has 0 radical (unpaired) electrons. The van der Waals surface area contributed by atoms with E-state index in [1.807, 2.05) is 30.3 Å². The fraction of sp³-hybridized carbons (Fsp3) is 0.429. The largest absolute Gasteiger partial charge is 0.493 e. The van der Waals surface area contributed by atoms with Crippen LogP contribution in [0.4, 0.5) is 0 Å². The first kappa shape index (κ1) is 15.1. The topological polar surface area (TPSA) is 9.23 Å². The van der Waals surface area contributed by atoms with Gasteiger partial charge in [0.25, 0.3) is 0 Å². The summed E-state index contributed by atoms with van der Waals surface area (Å²) in [5, 5.41) is 0. The molecule has 2 aromatic rings. The minimum atomic E-state index is 0.253. The molecule has 2 unspecified atom stereocenters. The molecule has 2 atom stereocenters. The van der Waals surface area contributed by atoms with Crippen molar-refractivity contribution in [1.29, 1.82) is 0 Å². The van der Waals surface area contributed by atoms with E-state index < -0.39 is 0 Å². The van der Waals surface area contributed by atoms with Gasteiger partial charge in [-0.3, -0.25) is 0 Å². The molecule has 1 aliphatic carbocycles.